The molecule has 1 aromatic carbocycles. The second-order valence-electron chi connectivity index (χ2n) is 5.10. The van der Waals surface area contributed by atoms with Crippen molar-refractivity contribution in [2.45, 2.75) is 10.9 Å². The van der Waals surface area contributed by atoms with Crippen molar-refractivity contribution in [3.63, 3.8) is 0 Å². The van der Waals surface area contributed by atoms with Gasteiger partial charge in [-0.25, -0.2) is 13.1 Å². The smallest absolute Gasteiger partial charge is 0.240 e. The Morgan fingerprint density at radius 2 is 2.13 bits per heavy atom. The number of hydrogen-bond acceptors (Lipinski definition) is 5. The second kappa shape index (κ2) is 7.15. The van der Waals surface area contributed by atoms with Crippen LogP contribution < -0.4 is 4.72 Å². The minimum absolute atomic E-state index is 0.00426. The van der Waals surface area contributed by atoms with E-state index in [4.69, 9.17) is 21.3 Å². The van der Waals surface area contributed by atoms with Gasteiger partial charge in [0.1, 0.15) is 11.8 Å². The molecule has 0 radical (unpaired) electrons. The number of hydrogen-bond donors (Lipinski definition) is 1. The summed E-state index contributed by atoms with van der Waals surface area (Å²) < 4.78 is 32.7. The van der Waals surface area contributed by atoms with Crippen LogP contribution >= 0.6 is 11.6 Å². The Labute approximate surface area is 140 Å². The van der Waals surface area contributed by atoms with Crippen molar-refractivity contribution in [2.75, 3.05) is 20.6 Å². The van der Waals surface area contributed by atoms with Crippen LogP contribution in [0.1, 0.15) is 17.4 Å². The number of furan rings is 1. The maximum absolute atomic E-state index is 12.4. The van der Waals surface area contributed by atoms with Gasteiger partial charge < -0.3 is 4.42 Å². The van der Waals surface area contributed by atoms with Gasteiger partial charge >= 0.3 is 0 Å². The fourth-order valence-corrected chi connectivity index (χ4v) is 3.27. The monoisotopic (exact) mass is 353 g/mol. The van der Waals surface area contributed by atoms with Crippen LogP contribution in [0.4, 0.5) is 0 Å². The Hall–Kier alpha value is -1.85. The molecule has 2 aromatic rings. The molecule has 0 saturated heterocycles. The van der Waals surface area contributed by atoms with Crippen molar-refractivity contribution in [1.29, 1.82) is 5.26 Å². The Kier molecular flexibility index (Phi) is 5.44. The van der Waals surface area contributed by atoms with E-state index >= 15 is 0 Å². The number of halogens is 1. The number of nitrogens with one attached hydrogen (secondary N) is 1. The molecule has 0 aliphatic rings. The highest BCUT2D eigenvalue weighted by Gasteiger charge is 2.22. The summed E-state index contributed by atoms with van der Waals surface area (Å²) in [7, 11) is -0.0955. The Morgan fingerprint density at radius 3 is 2.70 bits per heavy atom. The third-order valence-corrected chi connectivity index (χ3v) is 5.08. The van der Waals surface area contributed by atoms with Gasteiger partial charge in [-0.1, -0.05) is 11.6 Å². The van der Waals surface area contributed by atoms with Crippen LogP contribution in [0, 0.1) is 11.3 Å². The van der Waals surface area contributed by atoms with E-state index in [1.807, 2.05) is 25.1 Å². The zero-order chi connectivity index (χ0) is 17.0. The van der Waals surface area contributed by atoms with Gasteiger partial charge in [0.15, 0.2) is 0 Å². The molecule has 6 nitrogen and oxygen atoms in total. The highest BCUT2D eigenvalue weighted by molar-refractivity contribution is 7.89. The molecule has 0 saturated carbocycles. The highest BCUT2D eigenvalue weighted by Crippen LogP contribution is 2.21. The summed E-state index contributed by atoms with van der Waals surface area (Å²) in [6.07, 6.45) is 1.54. The fraction of sp³-hybridized carbons (Fsp3) is 0.267. The van der Waals surface area contributed by atoms with Crippen LogP contribution in [0.15, 0.2) is 45.9 Å². The van der Waals surface area contributed by atoms with Gasteiger partial charge in [0, 0.05) is 6.54 Å². The highest BCUT2D eigenvalue weighted by atomic mass is 35.5. The molecule has 8 heteroatoms. The Balaban J connectivity index is 2.20. The molecule has 1 aromatic heterocycles. The number of nitrogens with zero attached hydrogens (tertiary/aromatic N) is 2. The van der Waals surface area contributed by atoms with Crippen molar-refractivity contribution in [3.8, 4) is 6.07 Å². The summed E-state index contributed by atoms with van der Waals surface area (Å²) >= 11 is 5.83. The zero-order valence-electron chi connectivity index (χ0n) is 12.7. The standard InChI is InChI=1S/C15H16ClN3O3S/c1-19(2)14(15-4-3-7-22-15)10-18-23(20,21)12-5-6-13(16)11(8-12)9-17/h3-8,14,18H,10H2,1-2H3. The largest absolute Gasteiger partial charge is 0.468 e. The van der Waals surface area contributed by atoms with E-state index in [-0.39, 0.29) is 28.1 Å². The summed E-state index contributed by atoms with van der Waals surface area (Å²) in [6.45, 7) is 0.132. The Morgan fingerprint density at radius 1 is 1.39 bits per heavy atom. The van der Waals surface area contributed by atoms with Gasteiger partial charge in [0.2, 0.25) is 10.0 Å². The van der Waals surface area contributed by atoms with Crippen LogP contribution in [0.5, 0.6) is 0 Å². The van der Waals surface area contributed by atoms with Crippen LogP contribution in [0.2, 0.25) is 5.02 Å². The first-order chi connectivity index (χ1) is 10.8. The topological polar surface area (TPSA) is 86.3 Å². The molecule has 0 aliphatic heterocycles. The zero-order valence-corrected chi connectivity index (χ0v) is 14.2. The maximum atomic E-state index is 12.4. The lowest BCUT2D eigenvalue weighted by Crippen LogP contribution is -2.34. The first kappa shape index (κ1) is 17.5. The summed E-state index contributed by atoms with van der Waals surface area (Å²) in [5, 5.41) is 9.17. The molecule has 0 aliphatic carbocycles. The number of benzene rings is 1. The maximum Gasteiger partial charge on any atom is 0.240 e. The lowest BCUT2D eigenvalue weighted by atomic mass is 10.2. The van der Waals surface area contributed by atoms with Gasteiger partial charge in [-0.05, 0) is 44.4 Å². The van der Waals surface area contributed by atoms with E-state index in [0.29, 0.717) is 5.76 Å². The molecule has 0 bridgehead atoms. The van der Waals surface area contributed by atoms with E-state index in [1.54, 1.807) is 18.4 Å². The molecule has 0 amide bonds. The fourth-order valence-electron chi connectivity index (χ4n) is 2.05. The van der Waals surface area contributed by atoms with Crippen molar-refractivity contribution < 1.29 is 12.8 Å². The summed E-state index contributed by atoms with van der Waals surface area (Å²) in [4.78, 5) is 1.85. The van der Waals surface area contributed by atoms with Crippen LogP contribution in [0.25, 0.3) is 0 Å². The molecule has 1 unspecified atom stereocenters. The van der Waals surface area contributed by atoms with E-state index in [9.17, 15) is 8.42 Å². The average molecular weight is 354 g/mol. The van der Waals surface area contributed by atoms with Gasteiger partial charge in [-0.15, -0.1) is 0 Å². The molecule has 2 rings (SSSR count). The Bertz CT molecular complexity index is 811. The molecule has 0 spiro atoms. The average Bonchev–Trinajstić information content (AvgIpc) is 3.01. The first-order valence-corrected chi connectivity index (χ1v) is 8.60. The third-order valence-electron chi connectivity index (χ3n) is 3.33. The van der Waals surface area contributed by atoms with Crippen molar-refractivity contribution >= 4 is 21.6 Å². The van der Waals surface area contributed by atoms with E-state index in [2.05, 4.69) is 4.72 Å². The summed E-state index contributed by atoms with van der Waals surface area (Å²) in [5.74, 6) is 0.659. The molecule has 1 atom stereocenters. The third kappa shape index (κ3) is 4.12. The SMILES string of the molecule is CN(C)C(CNS(=O)(=O)c1ccc(Cl)c(C#N)c1)c1ccco1. The molecule has 0 fully saturated rings. The van der Waals surface area contributed by atoms with Crippen molar-refractivity contribution in [2.24, 2.45) is 0 Å². The minimum Gasteiger partial charge on any atom is -0.468 e. The second-order valence-corrected chi connectivity index (χ2v) is 7.27. The van der Waals surface area contributed by atoms with E-state index < -0.39 is 10.0 Å². The van der Waals surface area contributed by atoms with E-state index in [0.717, 1.165) is 0 Å². The minimum atomic E-state index is -3.76. The van der Waals surface area contributed by atoms with Gasteiger partial charge in [-0.2, -0.15) is 5.26 Å². The van der Waals surface area contributed by atoms with Gasteiger partial charge in [0.05, 0.1) is 27.8 Å². The van der Waals surface area contributed by atoms with Crippen molar-refractivity contribution in [3.05, 3.63) is 52.9 Å². The molecule has 1 heterocycles. The summed E-state index contributed by atoms with van der Waals surface area (Å²) in [6, 6.07) is 9.16. The number of nitriles is 1. The molecule has 23 heavy (non-hydrogen) atoms. The molecular formula is C15H16ClN3O3S. The normalized spacial score (nSPS) is 13.0. The van der Waals surface area contributed by atoms with Crippen LogP contribution in [-0.2, 0) is 10.0 Å². The van der Waals surface area contributed by atoms with Crippen LogP contribution in [-0.4, -0.2) is 34.0 Å². The van der Waals surface area contributed by atoms with Gasteiger partial charge in [0.25, 0.3) is 0 Å². The van der Waals surface area contributed by atoms with Crippen molar-refractivity contribution in [1.82, 2.24) is 9.62 Å². The number of likely N-dealkylation sites (N-methyl/N-ethyl adjacent to an activating group) is 1. The lowest BCUT2D eigenvalue weighted by molar-refractivity contribution is 0.259. The predicted molar refractivity (Wildman–Crippen MR) is 86.5 cm³/mol. The summed E-state index contributed by atoms with van der Waals surface area (Å²) in [5.41, 5.74) is 0.115. The molecular weight excluding hydrogens is 338 g/mol. The lowest BCUT2D eigenvalue weighted by Gasteiger charge is -2.22. The number of sulfonamides is 1. The number of rotatable bonds is 6. The first-order valence-electron chi connectivity index (χ1n) is 6.74. The quantitative estimate of drug-likeness (QED) is 0.861. The molecule has 122 valence electrons. The van der Waals surface area contributed by atoms with Crippen LogP contribution in [0.3, 0.4) is 0 Å². The van der Waals surface area contributed by atoms with Gasteiger partial charge in [-0.3, -0.25) is 4.90 Å². The molecule has 1 N–H and O–H groups in total. The van der Waals surface area contributed by atoms with E-state index in [1.165, 1.54) is 18.2 Å². The predicted octanol–water partition coefficient (Wildman–Crippen LogP) is 2.39.